The topological polar surface area (TPSA) is 43.7 Å². The molecule has 1 saturated heterocycles. The molecule has 0 radical (unpaired) electrons. The van der Waals surface area contributed by atoms with Gasteiger partial charge in [0.2, 0.25) is 0 Å². The van der Waals surface area contributed by atoms with E-state index in [1.54, 1.807) is 0 Å². The van der Waals surface area contributed by atoms with E-state index in [1.165, 1.54) is 5.56 Å². The van der Waals surface area contributed by atoms with Gasteiger partial charge in [0.05, 0.1) is 6.10 Å². The van der Waals surface area contributed by atoms with Gasteiger partial charge in [-0.2, -0.15) is 0 Å². The van der Waals surface area contributed by atoms with Crippen molar-refractivity contribution < 1.29 is 10.2 Å². The Morgan fingerprint density at radius 3 is 1.66 bits per heavy atom. The maximum atomic E-state index is 12.0. The summed E-state index contributed by atoms with van der Waals surface area (Å²) < 4.78 is 0. The van der Waals surface area contributed by atoms with E-state index in [0.717, 1.165) is 42.6 Å². The highest BCUT2D eigenvalue weighted by Crippen LogP contribution is 2.42. The molecule has 0 amide bonds. The van der Waals surface area contributed by atoms with Crippen LogP contribution in [0.3, 0.4) is 0 Å². The predicted molar refractivity (Wildman–Crippen MR) is 146 cm³/mol. The minimum atomic E-state index is -1.00. The van der Waals surface area contributed by atoms with Crippen LogP contribution in [0.2, 0.25) is 0 Å². The SMILES string of the molecule is C=C.CC(C)(C)c1ccc(C(O)CN2CCC(C(O)(c3ccccc3)c3ccccc3)CC2)cc1. The second-order valence-electron chi connectivity index (χ2n) is 10.5. The Bertz CT molecular complexity index is 977. The van der Waals surface area contributed by atoms with Crippen LogP contribution in [-0.2, 0) is 11.0 Å². The molecule has 0 spiro atoms. The summed E-state index contributed by atoms with van der Waals surface area (Å²) >= 11 is 0. The number of β-amino-alcohol motifs (C(OH)–C–C–N with tert-alkyl or cyclic N) is 1. The molecule has 1 unspecified atom stereocenters. The summed E-state index contributed by atoms with van der Waals surface area (Å²) in [6.07, 6.45) is 1.27. The van der Waals surface area contributed by atoms with Gasteiger partial charge in [0, 0.05) is 6.54 Å². The number of benzene rings is 3. The zero-order valence-corrected chi connectivity index (χ0v) is 21.5. The highest BCUT2D eigenvalue weighted by molar-refractivity contribution is 5.37. The van der Waals surface area contributed by atoms with Crippen LogP contribution in [0, 0.1) is 5.92 Å². The average Bonchev–Trinajstić information content (AvgIpc) is 2.90. The fourth-order valence-corrected chi connectivity index (χ4v) is 5.11. The molecule has 1 heterocycles. The van der Waals surface area contributed by atoms with Crippen molar-refractivity contribution in [2.75, 3.05) is 19.6 Å². The minimum Gasteiger partial charge on any atom is -0.387 e. The summed E-state index contributed by atoms with van der Waals surface area (Å²) in [6, 6.07) is 28.5. The van der Waals surface area contributed by atoms with Crippen LogP contribution in [0.25, 0.3) is 0 Å². The van der Waals surface area contributed by atoms with Gasteiger partial charge in [-0.1, -0.05) is 106 Å². The smallest absolute Gasteiger partial charge is 0.117 e. The number of piperidine rings is 1. The molecule has 0 aromatic heterocycles. The summed E-state index contributed by atoms with van der Waals surface area (Å²) in [5.74, 6) is 0.127. The molecule has 4 rings (SSSR count). The van der Waals surface area contributed by atoms with E-state index in [2.05, 4.69) is 63.1 Å². The molecule has 3 heteroatoms. The van der Waals surface area contributed by atoms with Gasteiger partial charge < -0.3 is 15.1 Å². The van der Waals surface area contributed by atoms with E-state index < -0.39 is 11.7 Å². The van der Waals surface area contributed by atoms with E-state index >= 15 is 0 Å². The number of hydrogen-bond donors (Lipinski definition) is 2. The van der Waals surface area contributed by atoms with Crippen LogP contribution in [-0.4, -0.2) is 34.7 Å². The summed E-state index contributed by atoms with van der Waals surface area (Å²) in [4.78, 5) is 2.33. The largest absolute Gasteiger partial charge is 0.387 e. The lowest BCUT2D eigenvalue weighted by Gasteiger charge is -2.42. The molecule has 186 valence electrons. The van der Waals surface area contributed by atoms with E-state index in [1.807, 2.05) is 60.7 Å². The van der Waals surface area contributed by atoms with Crippen LogP contribution in [0.15, 0.2) is 98.1 Å². The zero-order valence-electron chi connectivity index (χ0n) is 21.5. The van der Waals surface area contributed by atoms with Crippen molar-refractivity contribution in [1.29, 1.82) is 0 Å². The Labute approximate surface area is 211 Å². The Morgan fingerprint density at radius 1 is 0.771 bits per heavy atom. The predicted octanol–water partition coefficient (Wildman–Crippen LogP) is 6.47. The third-order valence-electron chi connectivity index (χ3n) is 7.20. The van der Waals surface area contributed by atoms with Crippen molar-refractivity contribution in [1.82, 2.24) is 4.90 Å². The van der Waals surface area contributed by atoms with E-state index in [-0.39, 0.29) is 11.3 Å². The number of rotatable bonds is 6. The van der Waals surface area contributed by atoms with Crippen LogP contribution in [0.5, 0.6) is 0 Å². The molecule has 0 saturated carbocycles. The molecule has 35 heavy (non-hydrogen) atoms. The maximum Gasteiger partial charge on any atom is 0.117 e. The number of hydrogen-bond acceptors (Lipinski definition) is 3. The van der Waals surface area contributed by atoms with Crippen molar-refractivity contribution in [2.24, 2.45) is 5.92 Å². The second kappa shape index (κ2) is 11.8. The molecule has 1 aliphatic heterocycles. The quantitative estimate of drug-likeness (QED) is 0.405. The molecule has 1 aliphatic rings. The van der Waals surface area contributed by atoms with Gasteiger partial charge in [-0.15, -0.1) is 13.2 Å². The van der Waals surface area contributed by atoms with Crippen LogP contribution >= 0.6 is 0 Å². The standard InChI is InChI=1S/C30H37NO2.C2H4/c1-29(2,3)24-16-14-23(15-17-24)28(32)22-31-20-18-27(19-21-31)30(33,25-10-6-4-7-11-25)26-12-8-5-9-13-26;1-2/h4-17,27-28,32-33H,18-22H2,1-3H3;1-2H2. The Hall–Kier alpha value is -2.72. The van der Waals surface area contributed by atoms with E-state index in [0.29, 0.717) is 6.54 Å². The molecule has 3 aromatic carbocycles. The molecule has 0 aliphatic carbocycles. The molecule has 1 atom stereocenters. The van der Waals surface area contributed by atoms with Crippen LogP contribution in [0.1, 0.15) is 62.0 Å². The number of likely N-dealkylation sites (tertiary alicyclic amines) is 1. The van der Waals surface area contributed by atoms with Gasteiger partial charge in [-0.25, -0.2) is 0 Å². The third kappa shape index (κ3) is 6.29. The van der Waals surface area contributed by atoms with Crippen molar-refractivity contribution in [3.63, 3.8) is 0 Å². The normalized spacial score (nSPS) is 16.3. The lowest BCUT2D eigenvalue weighted by atomic mass is 9.72. The maximum absolute atomic E-state index is 12.0. The Kier molecular flexibility index (Phi) is 9.07. The molecular formula is C32H41NO2. The van der Waals surface area contributed by atoms with Gasteiger partial charge in [-0.3, -0.25) is 0 Å². The first-order valence-electron chi connectivity index (χ1n) is 12.6. The fraction of sp³-hybridized carbons (Fsp3) is 0.375. The molecular weight excluding hydrogens is 430 g/mol. The van der Waals surface area contributed by atoms with Crippen molar-refractivity contribution >= 4 is 0 Å². The fourth-order valence-electron chi connectivity index (χ4n) is 5.11. The summed E-state index contributed by atoms with van der Waals surface area (Å²) in [6.45, 7) is 15.0. The van der Waals surface area contributed by atoms with Crippen molar-refractivity contribution in [2.45, 2.75) is 50.7 Å². The number of nitrogens with zero attached hydrogens (tertiary/aromatic N) is 1. The first kappa shape index (κ1) is 26.9. The number of aliphatic hydroxyl groups is 2. The summed E-state index contributed by atoms with van der Waals surface area (Å²) in [5, 5.41) is 22.9. The highest BCUT2D eigenvalue weighted by atomic mass is 16.3. The first-order valence-corrected chi connectivity index (χ1v) is 12.6. The van der Waals surface area contributed by atoms with Gasteiger partial charge >= 0.3 is 0 Å². The van der Waals surface area contributed by atoms with Gasteiger partial charge in [0.25, 0.3) is 0 Å². The summed E-state index contributed by atoms with van der Waals surface area (Å²) in [5.41, 5.74) is 3.26. The van der Waals surface area contributed by atoms with Gasteiger partial charge in [0.15, 0.2) is 0 Å². The minimum absolute atomic E-state index is 0.111. The summed E-state index contributed by atoms with van der Waals surface area (Å²) in [7, 11) is 0. The van der Waals surface area contributed by atoms with Gasteiger partial charge in [0.1, 0.15) is 5.60 Å². The molecule has 2 N–H and O–H groups in total. The van der Waals surface area contributed by atoms with Crippen LogP contribution in [0.4, 0.5) is 0 Å². The van der Waals surface area contributed by atoms with Gasteiger partial charge in [-0.05, 0) is 59.5 Å². The monoisotopic (exact) mass is 471 g/mol. The molecule has 3 nitrogen and oxygen atoms in total. The lowest BCUT2D eigenvalue weighted by molar-refractivity contribution is -0.0198. The third-order valence-corrected chi connectivity index (χ3v) is 7.20. The molecule has 1 fully saturated rings. The lowest BCUT2D eigenvalue weighted by Crippen LogP contribution is -2.45. The molecule has 3 aromatic rings. The van der Waals surface area contributed by atoms with Crippen LogP contribution < -0.4 is 0 Å². The number of aliphatic hydroxyl groups excluding tert-OH is 1. The average molecular weight is 472 g/mol. The zero-order chi connectivity index (χ0) is 25.5. The highest BCUT2D eigenvalue weighted by Gasteiger charge is 2.41. The Morgan fingerprint density at radius 2 is 1.23 bits per heavy atom. The Balaban J connectivity index is 0.00000167. The first-order chi connectivity index (χ1) is 16.8. The second-order valence-corrected chi connectivity index (χ2v) is 10.5. The van der Waals surface area contributed by atoms with Crippen molar-refractivity contribution in [3.05, 3.63) is 120 Å². The van der Waals surface area contributed by atoms with E-state index in [9.17, 15) is 10.2 Å². The molecule has 0 bridgehead atoms. The van der Waals surface area contributed by atoms with Crippen molar-refractivity contribution in [3.8, 4) is 0 Å². The van der Waals surface area contributed by atoms with E-state index in [4.69, 9.17) is 0 Å².